The van der Waals surface area contributed by atoms with E-state index in [-0.39, 0.29) is 25.4 Å². The van der Waals surface area contributed by atoms with Gasteiger partial charge in [0.2, 0.25) is 0 Å². The Kier molecular flexibility index (Phi) is 5.47. The monoisotopic (exact) mass is 291 g/mol. The van der Waals surface area contributed by atoms with Gasteiger partial charge in [-0.2, -0.15) is 0 Å². The topological polar surface area (TPSA) is 75.6 Å². The minimum atomic E-state index is -0.663. The molecule has 2 N–H and O–H groups in total. The van der Waals surface area contributed by atoms with Crippen LogP contribution in [0.1, 0.15) is 34.3 Å². The Labute approximate surface area is 124 Å². The molecule has 1 atom stereocenters. The van der Waals surface area contributed by atoms with Crippen molar-refractivity contribution in [3.05, 3.63) is 34.9 Å². The van der Waals surface area contributed by atoms with Crippen molar-refractivity contribution < 1.29 is 19.4 Å². The summed E-state index contributed by atoms with van der Waals surface area (Å²) >= 11 is 0. The summed E-state index contributed by atoms with van der Waals surface area (Å²) in [6, 6.07) is 5.08. The molecule has 1 aliphatic carbocycles. The molecule has 0 saturated heterocycles. The van der Waals surface area contributed by atoms with Crippen LogP contribution in [0, 0.1) is 0 Å². The predicted octanol–water partition coefficient (Wildman–Crippen LogP) is 0.872. The van der Waals surface area contributed by atoms with Gasteiger partial charge in [-0.15, -0.1) is 0 Å². The van der Waals surface area contributed by atoms with E-state index in [9.17, 15) is 9.59 Å². The Balaban J connectivity index is 2.14. The lowest BCUT2D eigenvalue weighted by Gasteiger charge is -2.16. The molecule has 0 heterocycles. The Morgan fingerprint density at radius 1 is 1.33 bits per heavy atom. The molecule has 0 fully saturated rings. The second-order valence-corrected chi connectivity index (χ2v) is 5.21. The molecule has 114 valence electrons. The fourth-order valence-corrected chi connectivity index (χ4v) is 2.67. The SMILES string of the molecule is COC(=O)CC(NCCO)C(=O)c1ccc2c(c1)CCC2. The van der Waals surface area contributed by atoms with E-state index < -0.39 is 12.0 Å². The molecule has 2 rings (SSSR count). The summed E-state index contributed by atoms with van der Waals surface area (Å²) in [7, 11) is 1.30. The fourth-order valence-electron chi connectivity index (χ4n) is 2.67. The van der Waals surface area contributed by atoms with E-state index in [0.717, 1.165) is 19.3 Å². The molecule has 21 heavy (non-hydrogen) atoms. The lowest BCUT2D eigenvalue weighted by molar-refractivity contribution is -0.141. The zero-order valence-electron chi connectivity index (χ0n) is 12.2. The summed E-state index contributed by atoms with van der Waals surface area (Å²) in [5.74, 6) is -0.580. The van der Waals surface area contributed by atoms with Crippen LogP contribution in [0.5, 0.6) is 0 Å². The fraction of sp³-hybridized carbons (Fsp3) is 0.500. The van der Waals surface area contributed by atoms with Crippen molar-refractivity contribution in [2.24, 2.45) is 0 Å². The van der Waals surface area contributed by atoms with Gasteiger partial charge in [-0.3, -0.25) is 9.59 Å². The number of aliphatic hydroxyl groups is 1. The van der Waals surface area contributed by atoms with Crippen LogP contribution < -0.4 is 5.32 Å². The third-order valence-corrected chi connectivity index (χ3v) is 3.80. The number of Topliss-reactive ketones (excluding diaryl/α,β-unsaturated/α-hetero) is 1. The number of carbonyl (C=O) groups excluding carboxylic acids is 2. The van der Waals surface area contributed by atoms with Crippen molar-refractivity contribution in [3.8, 4) is 0 Å². The number of hydrogen-bond acceptors (Lipinski definition) is 5. The summed E-state index contributed by atoms with van der Waals surface area (Å²) in [6.45, 7) is 0.174. The number of carbonyl (C=O) groups is 2. The first-order valence-corrected chi connectivity index (χ1v) is 7.22. The van der Waals surface area contributed by atoms with Gasteiger partial charge in [0, 0.05) is 12.1 Å². The van der Waals surface area contributed by atoms with Crippen LogP contribution in [-0.4, -0.2) is 43.2 Å². The standard InChI is InChI=1S/C16H21NO4/c1-21-15(19)10-14(17-7-8-18)16(20)13-6-5-11-3-2-4-12(11)9-13/h5-6,9,14,17-18H,2-4,7-8,10H2,1H3. The van der Waals surface area contributed by atoms with Gasteiger partial charge in [-0.25, -0.2) is 0 Å². The van der Waals surface area contributed by atoms with E-state index in [1.54, 1.807) is 0 Å². The first-order valence-electron chi connectivity index (χ1n) is 7.22. The third-order valence-electron chi connectivity index (χ3n) is 3.80. The highest BCUT2D eigenvalue weighted by atomic mass is 16.5. The molecule has 0 bridgehead atoms. The predicted molar refractivity (Wildman–Crippen MR) is 78.3 cm³/mol. The highest BCUT2D eigenvalue weighted by Crippen LogP contribution is 2.23. The van der Waals surface area contributed by atoms with Crippen molar-refractivity contribution >= 4 is 11.8 Å². The molecule has 5 heteroatoms. The number of esters is 1. The van der Waals surface area contributed by atoms with E-state index in [1.165, 1.54) is 18.2 Å². The molecule has 0 saturated carbocycles. The van der Waals surface area contributed by atoms with Gasteiger partial charge in [-0.05, 0) is 36.5 Å². The minimum Gasteiger partial charge on any atom is -0.469 e. The second kappa shape index (κ2) is 7.33. The number of aryl methyl sites for hydroxylation is 2. The van der Waals surface area contributed by atoms with Crippen molar-refractivity contribution in [3.63, 3.8) is 0 Å². The van der Waals surface area contributed by atoms with Gasteiger partial charge >= 0.3 is 5.97 Å². The summed E-state index contributed by atoms with van der Waals surface area (Å²) in [6.07, 6.45) is 3.16. The molecule has 1 aliphatic rings. The molecule has 0 amide bonds. The second-order valence-electron chi connectivity index (χ2n) is 5.21. The van der Waals surface area contributed by atoms with Gasteiger partial charge in [0.15, 0.2) is 5.78 Å². The molecule has 0 aromatic heterocycles. The van der Waals surface area contributed by atoms with Crippen LogP contribution in [0.25, 0.3) is 0 Å². The summed E-state index contributed by atoms with van der Waals surface area (Å²) < 4.78 is 4.63. The number of methoxy groups -OCH3 is 1. The molecule has 1 unspecified atom stereocenters. The molecule has 0 spiro atoms. The van der Waals surface area contributed by atoms with Crippen molar-refractivity contribution in [2.45, 2.75) is 31.7 Å². The molecule has 1 aromatic carbocycles. The van der Waals surface area contributed by atoms with Gasteiger partial charge in [-0.1, -0.05) is 12.1 Å². The van der Waals surface area contributed by atoms with Crippen LogP contribution in [-0.2, 0) is 22.4 Å². The normalized spacial score (nSPS) is 14.6. The lowest BCUT2D eigenvalue weighted by Crippen LogP contribution is -2.40. The Morgan fingerprint density at radius 3 is 2.81 bits per heavy atom. The van der Waals surface area contributed by atoms with E-state index in [2.05, 4.69) is 10.1 Å². The summed E-state index contributed by atoms with van der Waals surface area (Å²) in [5.41, 5.74) is 3.13. The van der Waals surface area contributed by atoms with Crippen LogP contribution in [0.2, 0.25) is 0 Å². The van der Waals surface area contributed by atoms with Crippen LogP contribution in [0.15, 0.2) is 18.2 Å². The number of ether oxygens (including phenoxy) is 1. The van der Waals surface area contributed by atoms with Gasteiger partial charge in [0.05, 0.1) is 26.2 Å². The van der Waals surface area contributed by atoms with Crippen molar-refractivity contribution in [1.82, 2.24) is 5.32 Å². The smallest absolute Gasteiger partial charge is 0.307 e. The number of hydrogen-bond donors (Lipinski definition) is 2. The molecule has 0 radical (unpaired) electrons. The molecular formula is C16H21NO4. The summed E-state index contributed by atoms with van der Waals surface area (Å²) in [4.78, 5) is 24.0. The van der Waals surface area contributed by atoms with Crippen LogP contribution in [0.3, 0.4) is 0 Å². The first kappa shape index (κ1) is 15.7. The lowest BCUT2D eigenvalue weighted by atomic mass is 9.98. The molecule has 5 nitrogen and oxygen atoms in total. The van der Waals surface area contributed by atoms with Gasteiger partial charge < -0.3 is 15.2 Å². The van der Waals surface area contributed by atoms with Crippen molar-refractivity contribution in [2.75, 3.05) is 20.3 Å². The average molecular weight is 291 g/mol. The number of ketones is 1. The quantitative estimate of drug-likeness (QED) is 0.576. The minimum absolute atomic E-state index is 0.0353. The zero-order chi connectivity index (χ0) is 15.2. The Bertz CT molecular complexity index is 527. The van der Waals surface area contributed by atoms with Crippen LogP contribution in [0.4, 0.5) is 0 Å². The number of fused-ring (bicyclic) bond motifs is 1. The van der Waals surface area contributed by atoms with E-state index in [0.29, 0.717) is 5.56 Å². The average Bonchev–Trinajstić information content (AvgIpc) is 2.97. The van der Waals surface area contributed by atoms with Gasteiger partial charge in [0.25, 0.3) is 0 Å². The highest BCUT2D eigenvalue weighted by Gasteiger charge is 2.24. The maximum absolute atomic E-state index is 12.6. The van der Waals surface area contributed by atoms with E-state index >= 15 is 0 Å². The maximum Gasteiger partial charge on any atom is 0.307 e. The number of benzene rings is 1. The Morgan fingerprint density at radius 2 is 2.10 bits per heavy atom. The molecule has 0 aliphatic heterocycles. The highest BCUT2D eigenvalue weighted by molar-refractivity contribution is 6.02. The largest absolute Gasteiger partial charge is 0.469 e. The molecular weight excluding hydrogens is 270 g/mol. The van der Waals surface area contributed by atoms with E-state index in [4.69, 9.17) is 5.11 Å². The first-order chi connectivity index (χ1) is 10.2. The maximum atomic E-state index is 12.6. The number of nitrogens with one attached hydrogen (secondary N) is 1. The number of aliphatic hydroxyl groups excluding tert-OH is 1. The Hall–Kier alpha value is -1.72. The zero-order valence-corrected chi connectivity index (χ0v) is 12.2. The third kappa shape index (κ3) is 3.89. The number of rotatable bonds is 7. The van der Waals surface area contributed by atoms with Crippen molar-refractivity contribution in [1.29, 1.82) is 0 Å². The summed E-state index contributed by atoms with van der Waals surface area (Å²) in [5, 5.41) is 11.8. The van der Waals surface area contributed by atoms with Crippen LogP contribution >= 0.6 is 0 Å². The van der Waals surface area contributed by atoms with E-state index in [1.807, 2.05) is 18.2 Å². The molecule has 1 aromatic rings. The van der Waals surface area contributed by atoms with Gasteiger partial charge in [0.1, 0.15) is 0 Å².